The highest BCUT2D eigenvalue weighted by Gasteiger charge is 2.40. The van der Waals surface area contributed by atoms with Gasteiger partial charge in [0.2, 0.25) is 6.10 Å². The van der Waals surface area contributed by atoms with Gasteiger partial charge in [-0.05, 0) is 23.8 Å². The fourth-order valence-corrected chi connectivity index (χ4v) is 4.24. The van der Waals surface area contributed by atoms with Gasteiger partial charge in [-0.3, -0.25) is 19.7 Å². The molecule has 3 N–H and O–H groups in total. The normalized spacial score (nSPS) is 20.3. The predicted molar refractivity (Wildman–Crippen MR) is 106 cm³/mol. The first-order valence-corrected chi connectivity index (χ1v) is 9.46. The second kappa shape index (κ2) is 6.77. The van der Waals surface area contributed by atoms with E-state index in [1.165, 1.54) is 10.6 Å². The first-order valence-electron chi connectivity index (χ1n) is 9.46. The topological polar surface area (TPSA) is 156 Å². The molecule has 0 fully saturated rings. The third-order valence-electron chi connectivity index (χ3n) is 5.65. The molecule has 11 heteroatoms. The second-order valence-corrected chi connectivity index (χ2v) is 7.37. The van der Waals surface area contributed by atoms with Gasteiger partial charge in [0.05, 0.1) is 28.6 Å². The lowest BCUT2D eigenvalue weighted by atomic mass is 9.95. The minimum Gasteiger partial charge on any atom is -0.458 e. The molecule has 158 valence electrons. The van der Waals surface area contributed by atoms with Crippen molar-refractivity contribution in [3.05, 3.63) is 72.7 Å². The Hall–Kier alpha value is -3.99. The number of nitrogens with zero attached hydrogens (tertiary/aromatic N) is 2. The molecule has 0 aliphatic carbocycles. The average Bonchev–Trinajstić information content (AvgIpc) is 3.11. The number of nitrogens with two attached hydrogens (primary N) is 1. The van der Waals surface area contributed by atoms with E-state index in [9.17, 15) is 24.5 Å². The molecule has 1 unspecified atom stereocenters. The van der Waals surface area contributed by atoms with Crippen molar-refractivity contribution in [2.75, 3.05) is 11.9 Å². The Morgan fingerprint density at radius 2 is 2.19 bits per heavy atom. The van der Waals surface area contributed by atoms with Crippen molar-refractivity contribution >= 4 is 29.4 Å². The largest absolute Gasteiger partial charge is 0.458 e. The summed E-state index contributed by atoms with van der Waals surface area (Å²) in [7, 11) is 0. The van der Waals surface area contributed by atoms with Gasteiger partial charge < -0.3 is 25.1 Å². The van der Waals surface area contributed by atoms with Crippen LogP contribution < -0.4 is 16.6 Å². The Balaban J connectivity index is 1.62. The van der Waals surface area contributed by atoms with Gasteiger partial charge in [-0.15, -0.1) is 0 Å². The van der Waals surface area contributed by atoms with E-state index in [4.69, 9.17) is 15.2 Å². The summed E-state index contributed by atoms with van der Waals surface area (Å²) in [6.45, 7) is -0.422. The van der Waals surface area contributed by atoms with Crippen LogP contribution in [0.4, 0.5) is 11.4 Å². The molecule has 0 bridgehead atoms. The molecule has 2 atom stereocenters. The van der Waals surface area contributed by atoms with Crippen molar-refractivity contribution in [2.45, 2.75) is 25.3 Å². The average molecular weight is 424 g/mol. The van der Waals surface area contributed by atoms with E-state index in [1.807, 2.05) is 0 Å². The quantitative estimate of drug-likeness (QED) is 0.415. The van der Waals surface area contributed by atoms with Crippen molar-refractivity contribution in [1.82, 2.24) is 4.57 Å². The van der Waals surface area contributed by atoms with Crippen LogP contribution in [0.2, 0.25) is 0 Å². The summed E-state index contributed by atoms with van der Waals surface area (Å²) >= 11 is 0. The maximum Gasteiger partial charge on any atom is 0.352 e. The number of hydrogen-bond acceptors (Lipinski definition) is 9. The fourth-order valence-electron chi connectivity index (χ4n) is 4.24. The molecule has 0 spiro atoms. The summed E-state index contributed by atoms with van der Waals surface area (Å²) in [6.07, 6.45) is 0.344. The van der Waals surface area contributed by atoms with Crippen molar-refractivity contribution in [3.63, 3.8) is 0 Å². The Kier molecular flexibility index (Phi) is 4.15. The number of rotatable bonds is 3. The third kappa shape index (κ3) is 2.81. The lowest BCUT2D eigenvalue weighted by Crippen LogP contribution is -2.35. The third-order valence-corrected chi connectivity index (χ3v) is 5.65. The van der Waals surface area contributed by atoms with Crippen molar-refractivity contribution in [2.24, 2.45) is 5.73 Å². The SMILES string of the molecule is NCC(=O)O[C@@H]1C(=O)OCc2c1cc1n(c2=O)CC2=Cc3c(cccc3[N+](=O)[O-])NC21. The van der Waals surface area contributed by atoms with Crippen LogP contribution in [-0.2, 0) is 32.2 Å². The van der Waals surface area contributed by atoms with E-state index >= 15 is 0 Å². The number of fused-ring (bicyclic) bond motifs is 5. The zero-order valence-electron chi connectivity index (χ0n) is 16.0. The number of nitro groups is 1. The van der Waals surface area contributed by atoms with Gasteiger partial charge in [-0.2, -0.15) is 0 Å². The number of nitro benzene ring substituents is 1. The maximum absolute atomic E-state index is 13.1. The molecule has 1 aromatic heterocycles. The van der Waals surface area contributed by atoms with E-state index in [2.05, 4.69) is 5.32 Å². The van der Waals surface area contributed by atoms with Gasteiger partial charge >= 0.3 is 11.9 Å². The van der Waals surface area contributed by atoms with Gasteiger partial charge in [0, 0.05) is 29.6 Å². The summed E-state index contributed by atoms with van der Waals surface area (Å²) in [5, 5.41) is 14.6. The summed E-state index contributed by atoms with van der Waals surface area (Å²) < 4.78 is 11.7. The molecular weight excluding hydrogens is 408 g/mol. The standard InChI is InChI=1S/C20H16N4O7/c21-6-16(25)31-18-10-5-15-17-9(7-23(15)19(26)12(10)8-30-20(18)27)4-11-13(22-17)2-1-3-14(11)24(28)29/h1-5,17-18,22H,6-8,21H2/t17?,18-/m0/s1. The van der Waals surface area contributed by atoms with Crippen LogP contribution in [0.3, 0.4) is 0 Å². The van der Waals surface area contributed by atoms with Gasteiger partial charge in [0.15, 0.2) is 0 Å². The molecule has 3 aliphatic rings. The van der Waals surface area contributed by atoms with E-state index in [0.29, 0.717) is 16.9 Å². The van der Waals surface area contributed by atoms with Crippen LogP contribution in [0.15, 0.2) is 34.6 Å². The van der Waals surface area contributed by atoms with Gasteiger partial charge in [0.1, 0.15) is 6.61 Å². The smallest absolute Gasteiger partial charge is 0.352 e. The number of carbonyl (C=O) groups is 2. The van der Waals surface area contributed by atoms with E-state index in [1.54, 1.807) is 24.3 Å². The number of hydrogen-bond donors (Lipinski definition) is 2. The molecule has 3 aliphatic heterocycles. The molecule has 31 heavy (non-hydrogen) atoms. The Morgan fingerprint density at radius 1 is 1.39 bits per heavy atom. The number of anilines is 1. The number of benzene rings is 1. The molecule has 11 nitrogen and oxygen atoms in total. The van der Waals surface area contributed by atoms with Gasteiger partial charge in [0.25, 0.3) is 11.2 Å². The van der Waals surface area contributed by atoms with Crippen LogP contribution in [0, 0.1) is 10.1 Å². The molecular formula is C20H16N4O7. The zero-order valence-corrected chi connectivity index (χ0v) is 16.0. The lowest BCUT2D eigenvalue weighted by molar-refractivity contribution is -0.385. The highest BCUT2D eigenvalue weighted by atomic mass is 16.6. The highest BCUT2D eigenvalue weighted by molar-refractivity contribution is 5.83. The fraction of sp³-hybridized carbons (Fsp3) is 0.250. The molecule has 5 rings (SSSR count). The summed E-state index contributed by atoms with van der Waals surface area (Å²) in [5.41, 5.74) is 7.70. The van der Waals surface area contributed by atoms with Gasteiger partial charge in [-0.1, -0.05) is 6.07 Å². The van der Waals surface area contributed by atoms with Crippen molar-refractivity contribution in [1.29, 1.82) is 0 Å². The van der Waals surface area contributed by atoms with Crippen molar-refractivity contribution in [3.8, 4) is 0 Å². The number of aromatic nitrogens is 1. The molecule has 0 amide bonds. The summed E-state index contributed by atoms with van der Waals surface area (Å²) in [6, 6.07) is 5.95. The van der Waals surface area contributed by atoms with E-state index in [0.717, 1.165) is 5.57 Å². The number of pyridine rings is 1. The second-order valence-electron chi connectivity index (χ2n) is 7.37. The number of esters is 2. The minimum atomic E-state index is -1.37. The predicted octanol–water partition coefficient (Wildman–Crippen LogP) is 0.920. The minimum absolute atomic E-state index is 0.0358. The molecule has 2 aromatic rings. The zero-order chi connectivity index (χ0) is 21.9. The lowest BCUT2D eigenvalue weighted by Gasteiger charge is -2.26. The number of nitrogens with one attached hydrogen (secondary N) is 1. The number of ether oxygens (including phenoxy) is 2. The summed E-state index contributed by atoms with van der Waals surface area (Å²) in [5.74, 6) is -1.57. The van der Waals surface area contributed by atoms with Crippen LogP contribution in [-0.4, -0.2) is 28.0 Å². The summed E-state index contributed by atoms with van der Waals surface area (Å²) in [4.78, 5) is 48.0. The highest BCUT2D eigenvalue weighted by Crippen LogP contribution is 2.43. The molecule has 0 saturated carbocycles. The van der Waals surface area contributed by atoms with Gasteiger partial charge in [-0.25, -0.2) is 4.79 Å². The Labute approximate surface area is 174 Å². The van der Waals surface area contributed by atoms with Crippen molar-refractivity contribution < 1.29 is 24.0 Å². The first kappa shape index (κ1) is 19.0. The molecule has 4 heterocycles. The number of carbonyl (C=O) groups excluding carboxylic acids is 2. The number of cyclic esters (lactones) is 1. The molecule has 0 radical (unpaired) electrons. The van der Waals surface area contributed by atoms with E-state index in [-0.39, 0.29) is 35.5 Å². The van der Waals surface area contributed by atoms with Crippen LogP contribution in [0.1, 0.15) is 34.5 Å². The van der Waals surface area contributed by atoms with Crippen LogP contribution in [0.5, 0.6) is 0 Å². The monoisotopic (exact) mass is 424 g/mol. The first-order chi connectivity index (χ1) is 14.9. The molecule has 0 saturated heterocycles. The van der Waals surface area contributed by atoms with Crippen LogP contribution in [0.25, 0.3) is 6.08 Å². The van der Waals surface area contributed by atoms with Crippen LogP contribution >= 0.6 is 0 Å². The Morgan fingerprint density at radius 3 is 2.94 bits per heavy atom. The van der Waals surface area contributed by atoms with E-state index < -0.39 is 35.6 Å². The maximum atomic E-state index is 13.1. The molecule has 1 aromatic carbocycles. The Bertz CT molecular complexity index is 1260.